The predicted octanol–water partition coefficient (Wildman–Crippen LogP) is 3.84. The van der Waals surface area contributed by atoms with E-state index in [0.29, 0.717) is 22.6 Å². The van der Waals surface area contributed by atoms with Crippen molar-refractivity contribution in [3.63, 3.8) is 0 Å². The lowest BCUT2D eigenvalue weighted by Crippen LogP contribution is -2.48. The van der Waals surface area contributed by atoms with Crippen LogP contribution in [0.3, 0.4) is 0 Å². The van der Waals surface area contributed by atoms with Crippen molar-refractivity contribution in [2.45, 2.75) is 24.0 Å². The predicted molar refractivity (Wildman–Crippen MR) is 142 cm³/mol. The van der Waals surface area contributed by atoms with E-state index >= 15 is 0 Å². The molecule has 0 aliphatic rings. The first kappa shape index (κ1) is 26.8. The second kappa shape index (κ2) is 11.9. The SMILES string of the molecule is C[C@@H](O)[C@@H](NS(=O)(=O)c1ccc2ccccc2c1)C(=O)OCC(=O)Nc1ccc(Oc2ccccc2)cc1. The number of aliphatic hydroxyl groups excluding tert-OH is 1. The van der Waals surface area contributed by atoms with Crippen LogP contribution in [-0.4, -0.2) is 44.2 Å². The van der Waals surface area contributed by atoms with Crippen LogP contribution >= 0.6 is 0 Å². The number of rotatable bonds is 10. The zero-order valence-electron chi connectivity index (χ0n) is 20.4. The molecule has 0 unspecified atom stereocenters. The van der Waals surface area contributed by atoms with Crippen LogP contribution in [0.25, 0.3) is 10.8 Å². The zero-order chi connectivity index (χ0) is 27.1. The summed E-state index contributed by atoms with van der Waals surface area (Å²) in [5, 5.41) is 14.2. The third-order valence-corrected chi connectivity index (χ3v) is 6.95. The highest BCUT2D eigenvalue weighted by atomic mass is 32.2. The molecule has 0 heterocycles. The molecule has 4 rings (SSSR count). The van der Waals surface area contributed by atoms with Crippen molar-refractivity contribution in [2.24, 2.45) is 0 Å². The van der Waals surface area contributed by atoms with E-state index in [-0.39, 0.29) is 4.90 Å². The van der Waals surface area contributed by atoms with E-state index < -0.39 is 40.7 Å². The van der Waals surface area contributed by atoms with Gasteiger partial charge in [0.2, 0.25) is 10.0 Å². The first-order chi connectivity index (χ1) is 18.2. The Morgan fingerprint density at radius 2 is 1.47 bits per heavy atom. The molecule has 0 fully saturated rings. The number of benzene rings is 4. The Morgan fingerprint density at radius 3 is 2.16 bits per heavy atom. The molecule has 0 aromatic heterocycles. The van der Waals surface area contributed by atoms with Gasteiger partial charge < -0.3 is 19.9 Å². The molecule has 196 valence electrons. The maximum Gasteiger partial charge on any atom is 0.327 e. The summed E-state index contributed by atoms with van der Waals surface area (Å²) in [5.74, 6) is -0.498. The number of ether oxygens (including phenoxy) is 2. The number of sulfonamides is 1. The minimum Gasteiger partial charge on any atom is -0.457 e. The summed E-state index contributed by atoms with van der Waals surface area (Å²) in [4.78, 5) is 24.8. The molecule has 10 heteroatoms. The van der Waals surface area contributed by atoms with E-state index in [2.05, 4.69) is 10.0 Å². The molecule has 2 atom stereocenters. The highest BCUT2D eigenvalue weighted by Crippen LogP contribution is 2.23. The number of para-hydroxylation sites is 1. The Bertz CT molecular complexity index is 1520. The average molecular weight is 535 g/mol. The molecule has 38 heavy (non-hydrogen) atoms. The molecular formula is C28H26N2O7S. The molecule has 0 bridgehead atoms. The Kier molecular flexibility index (Phi) is 8.37. The number of anilines is 1. The second-order valence-electron chi connectivity index (χ2n) is 8.44. The molecule has 1 amide bonds. The van der Waals surface area contributed by atoms with Crippen LogP contribution in [0.4, 0.5) is 5.69 Å². The van der Waals surface area contributed by atoms with Crippen LogP contribution in [0.1, 0.15) is 6.92 Å². The molecule has 0 saturated carbocycles. The van der Waals surface area contributed by atoms with Gasteiger partial charge in [0.25, 0.3) is 5.91 Å². The maximum atomic E-state index is 12.9. The molecule has 4 aromatic rings. The van der Waals surface area contributed by atoms with Crippen molar-refractivity contribution >= 4 is 38.4 Å². The van der Waals surface area contributed by atoms with Gasteiger partial charge >= 0.3 is 5.97 Å². The van der Waals surface area contributed by atoms with Crippen LogP contribution < -0.4 is 14.8 Å². The lowest BCUT2D eigenvalue weighted by atomic mass is 10.1. The molecule has 0 saturated heterocycles. The number of esters is 1. The molecular weight excluding hydrogens is 508 g/mol. The largest absolute Gasteiger partial charge is 0.457 e. The number of hydrogen-bond acceptors (Lipinski definition) is 7. The lowest BCUT2D eigenvalue weighted by Gasteiger charge is -2.20. The van der Waals surface area contributed by atoms with E-state index in [4.69, 9.17) is 9.47 Å². The van der Waals surface area contributed by atoms with Crippen molar-refractivity contribution in [2.75, 3.05) is 11.9 Å². The summed E-state index contributed by atoms with van der Waals surface area (Å²) < 4.78 is 38.7. The Balaban J connectivity index is 1.33. The highest BCUT2D eigenvalue weighted by Gasteiger charge is 2.31. The number of amides is 1. The fourth-order valence-corrected chi connectivity index (χ4v) is 4.86. The smallest absolute Gasteiger partial charge is 0.327 e. The normalized spacial score (nSPS) is 12.9. The Hall–Kier alpha value is -4.25. The van der Waals surface area contributed by atoms with E-state index in [1.54, 1.807) is 42.5 Å². The average Bonchev–Trinajstić information content (AvgIpc) is 2.91. The van der Waals surface area contributed by atoms with Gasteiger partial charge in [-0.15, -0.1) is 0 Å². The van der Waals surface area contributed by atoms with E-state index in [1.165, 1.54) is 19.1 Å². The number of nitrogens with one attached hydrogen (secondary N) is 2. The van der Waals surface area contributed by atoms with Gasteiger partial charge in [0.1, 0.15) is 17.5 Å². The Labute approximate surface area is 220 Å². The van der Waals surface area contributed by atoms with Gasteiger partial charge in [0.15, 0.2) is 6.61 Å². The first-order valence-corrected chi connectivity index (χ1v) is 13.2. The zero-order valence-corrected chi connectivity index (χ0v) is 21.2. The summed E-state index contributed by atoms with van der Waals surface area (Å²) in [7, 11) is -4.18. The van der Waals surface area contributed by atoms with Crippen LogP contribution in [0, 0.1) is 0 Å². The molecule has 3 N–H and O–H groups in total. The molecule has 0 aliphatic heterocycles. The van der Waals surface area contributed by atoms with E-state index in [9.17, 15) is 23.1 Å². The van der Waals surface area contributed by atoms with Crippen LogP contribution in [0.2, 0.25) is 0 Å². The van der Waals surface area contributed by atoms with Crippen LogP contribution in [0.15, 0.2) is 102 Å². The number of fused-ring (bicyclic) bond motifs is 1. The minimum absolute atomic E-state index is 0.0768. The van der Waals surface area contributed by atoms with Gasteiger partial charge in [-0.2, -0.15) is 4.72 Å². The summed E-state index contributed by atoms with van der Waals surface area (Å²) in [6, 6.07) is 25.9. The molecule has 0 radical (unpaired) electrons. The van der Waals surface area contributed by atoms with Crippen LogP contribution in [-0.2, 0) is 24.3 Å². The Morgan fingerprint density at radius 1 is 0.842 bits per heavy atom. The lowest BCUT2D eigenvalue weighted by molar-refractivity contribution is -0.151. The van der Waals surface area contributed by atoms with Gasteiger partial charge in [-0.3, -0.25) is 9.59 Å². The van der Waals surface area contributed by atoms with Gasteiger partial charge in [-0.25, -0.2) is 8.42 Å². The fourth-order valence-electron chi connectivity index (χ4n) is 3.57. The standard InChI is InChI=1S/C28H26N2O7S/c1-19(31)27(30-38(34,35)25-16-11-20-7-5-6-8-21(20)17-25)28(33)36-18-26(32)29-22-12-14-24(15-13-22)37-23-9-3-2-4-10-23/h2-17,19,27,30-31H,18H2,1H3,(H,29,32)/t19-,27-/m1/s1. The third kappa shape index (κ3) is 6.94. The number of carbonyl (C=O) groups excluding carboxylic acids is 2. The molecule has 9 nitrogen and oxygen atoms in total. The third-order valence-electron chi connectivity index (χ3n) is 5.51. The number of aliphatic hydroxyl groups is 1. The summed E-state index contributed by atoms with van der Waals surface area (Å²) in [6.45, 7) is 0.565. The summed E-state index contributed by atoms with van der Waals surface area (Å²) in [5.41, 5.74) is 0.440. The summed E-state index contributed by atoms with van der Waals surface area (Å²) >= 11 is 0. The number of carbonyl (C=O) groups is 2. The summed E-state index contributed by atoms with van der Waals surface area (Å²) in [6.07, 6.45) is -1.42. The molecule has 4 aromatic carbocycles. The van der Waals surface area contributed by atoms with Crippen LogP contribution in [0.5, 0.6) is 11.5 Å². The van der Waals surface area contributed by atoms with Crippen molar-refractivity contribution < 1.29 is 32.6 Å². The highest BCUT2D eigenvalue weighted by molar-refractivity contribution is 7.89. The quantitative estimate of drug-likeness (QED) is 0.264. The monoisotopic (exact) mass is 534 g/mol. The maximum absolute atomic E-state index is 12.9. The number of hydrogen-bond donors (Lipinski definition) is 3. The fraction of sp³-hybridized carbons (Fsp3) is 0.143. The topological polar surface area (TPSA) is 131 Å². The van der Waals surface area contributed by atoms with E-state index in [1.807, 2.05) is 42.5 Å². The van der Waals surface area contributed by atoms with Crippen molar-refractivity contribution in [1.29, 1.82) is 0 Å². The second-order valence-corrected chi connectivity index (χ2v) is 10.2. The van der Waals surface area contributed by atoms with Crippen molar-refractivity contribution in [1.82, 2.24) is 4.72 Å². The van der Waals surface area contributed by atoms with Gasteiger partial charge in [-0.05, 0) is 66.2 Å². The minimum atomic E-state index is -4.18. The van der Waals surface area contributed by atoms with Gasteiger partial charge in [0.05, 0.1) is 11.0 Å². The van der Waals surface area contributed by atoms with Gasteiger partial charge in [0, 0.05) is 5.69 Å². The van der Waals surface area contributed by atoms with Crippen molar-refractivity contribution in [3.8, 4) is 11.5 Å². The van der Waals surface area contributed by atoms with Crippen molar-refractivity contribution in [3.05, 3.63) is 97.1 Å². The molecule has 0 spiro atoms. The molecule has 0 aliphatic carbocycles. The van der Waals surface area contributed by atoms with E-state index in [0.717, 1.165) is 5.39 Å². The van der Waals surface area contributed by atoms with Gasteiger partial charge in [-0.1, -0.05) is 48.5 Å². The first-order valence-electron chi connectivity index (χ1n) is 11.7.